The first-order valence-corrected chi connectivity index (χ1v) is 7.18. The molecule has 5 nitrogen and oxygen atoms in total. The summed E-state index contributed by atoms with van der Waals surface area (Å²) in [6.07, 6.45) is 2.46. The van der Waals surface area contributed by atoms with Gasteiger partial charge in [0.25, 0.3) is 0 Å². The first kappa shape index (κ1) is 12.4. The van der Waals surface area contributed by atoms with E-state index >= 15 is 0 Å². The van der Waals surface area contributed by atoms with Gasteiger partial charge in [-0.05, 0) is 30.5 Å². The lowest BCUT2D eigenvalue weighted by molar-refractivity contribution is -0.122. The van der Waals surface area contributed by atoms with Crippen LogP contribution in [0.4, 0.5) is 0 Å². The number of ketones is 1. The highest BCUT2D eigenvalue weighted by molar-refractivity contribution is 6.01. The maximum absolute atomic E-state index is 12.3. The Bertz CT molecular complexity index is 677. The zero-order valence-corrected chi connectivity index (χ0v) is 11.5. The van der Waals surface area contributed by atoms with Crippen molar-refractivity contribution < 1.29 is 19.1 Å². The van der Waals surface area contributed by atoms with Crippen molar-refractivity contribution in [3.8, 4) is 11.5 Å². The third kappa shape index (κ3) is 2.00. The van der Waals surface area contributed by atoms with E-state index in [9.17, 15) is 9.59 Å². The van der Waals surface area contributed by atoms with Crippen molar-refractivity contribution in [2.75, 3.05) is 6.79 Å². The molecular formula is C16H15NO4. The van der Waals surface area contributed by atoms with E-state index in [0.29, 0.717) is 24.3 Å². The fourth-order valence-electron chi connectivity index (χ4n) is 3.32. The minimum atomic E-state index is -0.170. The number of fused-ring (bicyclic) bond motifs is 1. The second-order valence-electron chi connectivity index (χ2n) is 5.59. The van der Waals surface area contributed by atoms with Gasteiger partial charge in [0.05, 0.1) is 0 Å². The lowest BCUT2D eigenvalue weighted by atomic mass is 9.78. The van der Waals surface area contributed by atoms with Gasteiger partial charge in [0.2, 0.25) is 12.7 Å². The maximum atomic E-state index is 12.3. The van der Waals surface area contributed by atoms with Crippen LogP contribution in [-0.4, -0.2) is 18.5 Å². The van der Waals surface area contributed by atoms with Gasteiger partial charge in [-0.3, -0.25) is 9.59 Å². The van der Waals surface area contributed by atoms with E-state index in [1.54, 1.807) is 0 Å². The molecule has 1 amide bonds. The normalized spacial score (nSPS) is 23.9. The molecule has 0 bridgehead atoms. The Kier molecular flexibility index (Phi) is 2.74. The Hall–Kier alpha value is -2.30. The van der Waals surface area contributed by atoms with Gasteiger partial charge in [0.15, 0.2) is 17.3 Å². The predicted octanol–water partition coefficient (Wildman–Crippen LogP) is 2.03. The van der Waals surface area contributed by atoms with Crippen LogP contribution in [0.1, 0.15) is 37.2 Å². The van der Waals surface area contributed by atoms with Crippen LogP contribution in [0.3, 0.4) is 0 Å². The van der Waals surface area contributed by atoms with Crippen LogP contribution in [0.15, 0.2) is 29.5 Å². The zero-order chi connectivity index (χ0) is 14.4. The standard InChI is InChI=1S/C16H15NO4/c18-12-3-1-2-11-16(12)10(7-15(19)17-11)9-4-5-13-14(6-9)21-8-20-13/h4-6,10H,1-3,7-8H2,(H,17,19)/t10-/m1/s1. The maximum Gasteiger partial charge on any atom is 0.231 e. The number of nitrogens with one attached hydrogen (secondary N) is 1. The highest BCUT2D eigenvalue weighted by Gasteiger charge is 2.35. The fraction of sp³-hybridized carbons (Fsp3) is 0.375. The van der Waals surface area contributed by atoms with Gasteiger partial charge >= 0.3 is 0 Å². The van der Waals surface area contributed by atoms with Gasteiger partial charge in [0.1, 0.15) is 0 Å². The van der Waals surface area contributed by atoms with E-state index in [-0.39, 0.29) is 24.4 Å². The van der Waals surface area contributed by atoms with Crippen molar-refractivity contribution in [2.24, 2.45) is 0 Å². The van der Waals surface area contributed by atoms with Gasteiger partial charge in [-0.2, -0.15) is 0 Å². The number of carbonyl (C=O) groups is 2. The summed E-state index contributed by atoms with van der Waals surface area (Å²) < 4.78 is 10.7. The quantitative estimate of drug-likeness (QED) is 0.857. The molecule has 4 rings (SSSR count). The number of Topliss-reactive ketones (excluding diaryl/α,β-unsaturated/α-hetero) is 1. The molecule has 2 heterocycles. The number of hydrogen-bond donors (Lipinski definition) is 1. The molecule has 0 saturated heterocycles. The second-order valence-corrected chi connectivity index (χ2v) is 5.59. The van der Waals surface area contributed by atoms with Gasteiger partial charge in [-0.25, -0.2) is 0 Å². The van der Waals surface area contributed by atoms with Crippen LogP contribution in [0.25, 0.3) is 0 Å². The van der Waals surface area contributed by atoms with Crippen LogP contribution in [0, 0.1) is 0 Å². The summed E-state index contributed by atoms with van der Waals surface area (Å²) in [5, 5.41) is 2.86. The van der Waals surface area contributed by atoms with E-state index < -0.39 is 0 Å². The average molecular weight is 285 g/mol. The summed E-state index contributed by atoms with van der Waals surface area (Å²) in [6.45, 7) is 0.219. The average Bonchev–Trinajstić information content (AvgIpc) is 2.93. The minimum Gasteiger partial charge on any atom is -0.454 e. The number of rotatable bonds is 1. The smallest absolute Gasteiger partial charge is 0.231 e. The Morgan fingerprint density at radius 3 is 2.86 bits per heavy atom. The molecule has 5 heteroatoms. The molecular weight excluding hydrogens is 270 g/mol. The SMILES string of the molecule is O=C1C[C@H](c2ccc3c(c2)OCO3)C2=C(CCCC2=O)N1. The molecule has 1 N–H and O–H groups in total. The van der Waals surface area contributed by atoms with Crippen LogP contribution in [-0.2, 0) is 9.59 Å². The largest absolute Gasteiger partial charge is 0.454 e. The highest BCUT2D eigenvalue weighted by atomic mass is 16.7. The molecule has 0 saturated carbocycles. The predicted molar refractivity (Wildman–Crippen MR) is 73.9 cm³/mol. The van der Waals surface area contributed by atoms with Crippen molar-refractivity contribution >= 4 is 11.7 Å². The fourth-order valence-corrected chi connectivity index (χ4v) is 3.32. The Morgan fingerprint density at radius 2 is 1.95 bits per heavy atom. The van der Waals surface area contributed by atoms with Crippen LogP contribution in [0.5, 0.6) is 11.5 Å². The molecule has 1 aromatic rings. The van der Waals surface area contributed by atoms with Crippen molar-refractivity contribution in [3.63, 3.8) is 0 Å². The number of ether oxygens (including phenoxy) is 2. The van der Waals surface area contributed by atoms with Gasteiger partial charge in [-0.15, -0.1) is 0 Å². The molecule has 21 heavy (non-hydrogen) atoms. The lowest BCUT2D eigenvalue weighted by Crippen LogP contribution is -2.36. The monoisotopic (exact) mass is 285 g/mol. The minimum absolute atomic E-state index is 0.0221. The summed E-state index contributed by atoms with van der Waals surface area (Å²) >= 11 is 0. The summed E-state index contributed by atoms with van der Waals surface area (Å²) in [4.78, 5) is 24.2. The summed E-state index contributed by atoms with van der Waals surface area (Å²) in [6, 6.07) is 5.65. The Balaban J connectivity index is 1.79. The topological polar surface area (TPSA) is 64.6 Å². The summed E-state index contributed by atoms with van der Waals surface area (Å²) in [5.74, 6) is 1.35. The lowest BCUT2D eigenvalue weighted by Gasteiger charge is -2.31. The molecule has 2 aliphatic heterocycles. The van der Waals surface area contributed by atoms with Crippen LogP contribution in [0.2, 0.25) is 0 Å². The number of amides is 1. The second kappa shape index (κ2) is 4.62. The molecule has 3 aliphatic rings. The van der Waals surface area contributed by atoms with E-state index in [4.69, 9.17) is 9.47 Å². The molecule has 0 radical (unpaired) electrons. The van der Waals surface area contributed by atoms with Gasteiger partial charge in [-0.1, -0.05) is 6.07 Å². The zero-order valence-electron chi connectivity index (χ0n) is 11.5. The molecule has 1 atom stereocenters. The first-order chi connectivity index (χ1) is 10.2. The van der Waals surface area contributed by atoms with Crippen molar-refractivity contribution in [2.45, 2.75) is 31.6 Å². The van der Waals surface area contributed by atoms with Crippen LogP contribution >= 0.6 is 0 Å². The van der Waals surface area contributed by atoms with Crippen molar-refractivity contribution in [1.82, 2.24) is 5.32 Å². The van der Waals surface area contributed by atoms with E-state index in [1.807, 2.05) is 18.2 Å². The molecule has 0 unspecified atom stereocenters. The van der Waals surface area contributed by atoms with Crippen molar-refractivity contribution in [1.29, 1.82) is 0 Å². The Morgan fingerprint density at radius 1 is 1.10 bits per heavy atom. The van der Waals surface area contributed by atoms with Gasteiger partial charge < -0.3 is 14.8 Å². The summed E-state index contributed by atoms with van der Waals surface area (Å²) in [7, 11) is 0. The molecule has 0 spiro atoms. The molecule has 1 aliphatic carbocycles. The van der Waals surface area contributed by atoms with Crippen molar-refractivity contribution in [3.05, 3.63) is 35.0 Å². The van der Waals surface area contributed by atoms with Crippen LogP contribution < -0.4 is 14.8 Å². The van der Waals surface area contributed by atoms with E-state index in [2.05, 4.69) is 5.32 Å². The number of allylic oxidation sites excluding steroid dienone is 2. The van der Waals surface area contributed by atoms with Gasteiger partial charge in [0, 0.05) is 30.0 Å². The number of carbonyl (C=O) groups excluding carboxylic acids is 2. The Labute approximate surface area is 121 Å². The van der Waals surface area contributed by atoms with E-state index in [0.717, 1.165) is 29.7 Å². The third-order valence-electron chi connectivity index (χ3n) is 4.28. The van der Waals surface area contributed by atoms with E-state index in [1.165, 1.54) is 0 Å². The molecule has 108 valence electrons. The number of hydrogen-bond acceptors (Lipinski definition) is 4. The first-order valence-electron chi connectivity index (χ1n) is 7.18. The third-order valence-corrected chi connectivity index (χ3v) is 4.28. The number of benzene rings is 1. The highest BCUT2D eigenvalue weighted by Crippen LogP contribution is 2.41. The summed E-state index contributed by atoms with van der Waals surface area (Å²) in [5.41, 5.74) is 2.53. The molecule has 1 aromatic carbocycles. The molecule has 0 fully saturated rings. The molecule has 0 aromatic heterocycles.